The minimum atomic E-state index is -0.101. The molecule has 1 rings (SSSR count). The molecule has 1 aliphatic rings. The molecule has 24 heavy (non-hydrogen) atoms. The molecule has 1 aliphatic carbocycles. The Labute approximate surface area is 153 Å². The van der Waals surface area contributed by atoms with Gasteiger partial charge in [-0.15, -0.1) is 0 Å². The highest BCUT2D eigenvalue weighted by Gasteiger charge is 2.30. The number of carbonyl (C=O) groups excluding carboxylic acids is 2. The van der Waals surface area contributed by atoms with Crippen molar-refractivity contribution >= 4 is 35.2 Å². The first kappa shape index (κ1) is 21.8. The van der Waals surface area contributed by atoms with Gasteiger partial charge in [-0.25, -0.2) is 0 Å². The van der Waals surface area contributed by atoms with E-state index >= 15 is 0 Å². The summed E-state index contributed by atoms with van der Waals surface area (Å²) in [6, 6.07) is 0. The van der Waals surface area contributed by atoms with Gasteiger partial charge in [-0.05, 0) is 26.8 Å². The molecule has 0 aromatic carbocycles. The molecule has 0 radical (unpaired) electrons. The van der Waals surface area contributed by atoms with Gasteiger partial charge < -0.3 is 20.1 Å². The Hall–Kier alpha value is -0.280. The maximum atomic E-state index is 11.6. The van der Waals surface area contributed by atoms with Crippen molar-refractivity contribution in [2.45, 2.75) is 30.3 Å². The average Bonchev–Trinajstić information content (AvgIpc) is 2.53. The van der Waals surface area contributed by atoms with Crippen LogP contribution in [0.1, 0.15) is 19.8 Å². The number of nitrogens with one attached hydrogen (secondary N) is 2. The van der Waals surface area contributed by atoms with Crippen LogP contribution in [0.4, 0.5) is 0 Å². The first-order valence-electron chi connectivity index (χ1n) is 8.43. The molecule has 2 atom stereocenters. The van der Waals surface area contributed by atoms with Crippen molar-refractivity contribution in [3.63, 3.8) is 0 Å². The largest absolute Gasteiger partial charge is 0.371 e. The topological polar surface area (TPSA) is 76.7 Å². The molecule has 1 fully saturated rings. The summed E-state index contributed by atoms with van der Waals surface area (Å²) in [6.45, 7) is 4.01. The third kappa shape index (κ3) is 10.6. The van der Waals surface area contributed by atoms with Crippen LogP contribution < -0.4 is 10.6 Å². The van der Waals surface area contributed by atoms with Crippen molar-refractivity contribution in [1.82, 2.24) is 10.6 Å². The van der Waals surface area contributed by atoms with Crippen LogP contribution in [0.5, 0.6) is 0 Å². The normalized spacial score (nSPS) is 19.8. The highest BCUT2D eigenvalue weighted by molar-refractivity contribution is 8.04. The molecular formula is C16H30N2O4S2. The van der Waals surface area contributed by atoms with Gasteiger partial charge in [0.05, 0.1) is 13.2 Å². The van der Waals surface area contributed by atoms with Crippen LogP contribution in [0, 0.1) is 0 Å². The van der Waals surface area contributed by atoms with E-state index < -0.39 is 0 Å². The minimum Gasteiger partial charge on any atom is -0.371 e. The molecule has 140 valence electrons. The first-order chi connectivity index (χ1) is 11.6. The number of ether oxygens (including phenoxy) is 2. The van der Waals surface area contributed by atoms with Crippen LogP contribution in [-0.4, -0.2) is 80.3 Å². The predicted octanol–water partition coefficient (Wildman–Crippen LogP) is 0.942. The summed E-state index contributed by atoms with van der Waals surface area (Å²) in [5, 5.41) is 7.55. The number of rotatable bonds is 15. The van der Waals surface area contributed by atoms with Gasteiger partial charge in [0.2, 0.25) is 5.91 Å². The van der Waals surface area contributed by atoms with Crippen LogP contribution in [-0.2, 0) is 19.1 Å². The molecular weight excluding hydrogens is 348 g/mol. The van der Waals surface area contributed by atoms with E-state index in [1.807, 2.05) is 18.8 Å². The minimum absolute atomic E-state index is 0.0145. The van der Waals surface area contributed by atoms with Gasteiger partial charge in [-0.1, -0.05) is 0 Å². The number of hydrogen-bond donors (Lipinski definition) is 2. The molecule has 1 amide bonds. The molecule has 6 nitrogen and oxygen atoms in total. The second-order valence-electron chi connectivity index (χ2n) is 5.66. The molecule has 0 heterocycles. The number of ketones is 1. The molecule has 0 aromatic heterocycles. The Balaban J connectivity index is 1.90. The lowest BCUT2D eigenvalue weighted by molar-refractivity contribution is -0.127. The van der Waals surface area contributed by atoms with Gasteiger partial charge in [-0.3, -0.25) is 9.59 Å². The summed E-state index contributed by atoms with van der Waals surface area (Å²) in [5.41, 5.74) is 0. The molecule has 2 N–H and O–H groups in total. The van der Waals surface area contributed by atoms with E-state index in [1.165, 1.54) is 25.5 Å². The van der Waals surface area contributed by atoms with Gasteiger partial charge in [0.25, 0.3) is 0 Å². The van der Waals surface area contributed by atoms with Crippen LogP contribution in [0.3, 0.4) is 0 Å². The van der Waals surface area contributed by atoms with Gasteiger partial charge >= 0.3 is 0 Å². The molecule has 0 aromatic rings. The fourth-order valence-electron chi connectivity index (χ4n) is 2.08. The Kier molecular flexibility index (Phi) is 12.6. The van der Waals surface area contributed by atoms with E-state index in [0.29, 0.717) is 19.8 Å². The second-order valence-corrected chi connectivity index (χ2v) is 8.35. The zero-order chi connectivity index (χ0) is 17.6. The maximum Gasteiger partial charge on any atom is 0.246 e. The third-order valence-corrected chi connectivity index (χ3v) is 6.54. The molecule has 0 saturated heterocycles. The van der Waals surface area contributed by atoms with Crippen LogP contribution in [0.25, 0.3) is 0 Å². The fourth-order valence-corrected chi connectivity index (χ4v) is 5.01. The summed E-state index contributed by atoms with van der Waals surface area (Å²) in [5.74, 6) is 2.00. The molecule has 1 saturated carbocycles. The summed E-state index contributed by atoms with van der Waals surface area (Å²) < 4.78 is 10.2. The number of hydrogen-bond acceptors (Lipinski definition) is 7. The summed E-state index contributed by atoms with van der Waals surface area (Å²) in [4.78, 5) is 22.3. The van der Waals surface area contributed by atoms with Crippen molar-refractivity contribution in [3.8, 4) is 0 Å². The molecule has 0 aliphatic heterocycles. The second kappa shape index (κ2) is 13.9. The standard InChI is InChI=1S/C16H30N2O4S2/c1-13(19)11-21-7-8-22-12-16(20)18-6-10-24-15-4-3-14(15)23-9-5-17-2/h14-15,17H,3-12H2,1-2H3,(H,18,20). The highest BCUT2D eigenvalue weighted by Crippen LogP contribution is 2.39. The lowest BCUT2D eigenvalue weighted by Crippen LogP contribution is -2.35. The third-order valence-electron chi connectivity index (χ3n) is 3.50. The number of Topliss-reactive ketones (excluding diaryl/α,β-unsaturated/α-hetero) is 1. The van der Waals surface area contributed by atoms with Crippen molar-refractivity contribution < 1.29 is 19.1 Å². The van der Waals surface area contributed by atoms with E-state index in [4.69, 9.17) is 9.47 Å². The predicted molar refractivity (Wildman–Crippen MR) is 101 cm³/mol. The van der Waals surface area contributed by atoms with E-state index in [9.17, 15) is 9.59 Å². The molecule has 8 heteroatoms. The van der Waals surface area contributed by atoms with E-state index in [-0.39, 0.29) is 24.9 Å². The van der Waals surface area contributed by atoms with Gasteiger partial charge in [-0.2, -0.15) is 23.5 Å². The van der Waals surface area contributed by atoms with Crippen molar-refractivity contribution in [1.29, 1.82) is 0 Å². The summed E-state index contributed by atoms with van der Waals surface area (Å²) >= 11 is 4.02. The van der Waals surface area contributed by atoms with Gasteiger partial charge in [0.1, 0.15) is 13.2 Å². The van der Waals surface area contributed by atoms with Crippen LogP contribution >= 0.6 is 23.5 Å². The average molecular weight is 379 g/mol. The quantitative estimate of drug-likeness (QED) is 0.411. The summed E-state index contributed by atoms with van der Waals surface area (Å²) in [7, 11) is 1.99. The van der Waals surface area contributed by atoms with Crippen molar-refractivity contribution in [2.24, 2.45) is 0 Å². The lowest BCUT2D eigenvalue weighted by Gasteiger charge is -2.35. The van der Waals surface area contributed by atoms with E-state index in [0.717, 1.165) is 22.8 Å². The Morgan fingerprint density at radius 1 is 1.00 bits per heavy atom. The van der Waals surface area contributed by atoms with E-state index in [2.05, 4.69) is 22.4 Å². The van der Waals surface area contributed by atoms with Crippen molar-refractivity contribution in [3.05, 3.63) is 0 Å². The monoisotopic (exact) mass is 378 g/mol. The SMILES string of the molecule is CNCCSC1CCC1SCCNC(=O)COCCOCC(C)=O. The fraction of sp³-hybridized carbons (Fsp3) is 0.875. The number of thioether (sulfide) groups is 2. The van der Waals surface area contributed by atoms with E-state index in [1.54, 1.807) is 0 Å². The number of amides is 1. The van der Waals surface area contributed by atoms with Crippen LogP contribution in [0.2, 0.25) is 0 Å². The smallest absolute Gasteiger partial charge is 0.246 e. The maximum absolute atomic E-state index is 11.6. The summed E-state index contributed by atoms with van der Waals surface area (Å²) in [6.07, 6.45) is 2.61. The Bertz CT molecular complexity index is 372. The zero-order valence-corrected chi connectivity index (χ0v) is 16.3. The highest BCUT2D eigenvalue weighted by atomic mass is 32.2. The zero-order valence-electron chi connectivity index (χ0n) is 14.7. The van der Waals surface area contributed by atoms with Crippen molar-refractivity contribution in [2.75, 3.05) is 58.1 Å². The van der Waals surface area contributed by atoms with Crippen LogP contribution in [0.15, 0.2) is 0 Å². The lowest BCUT2D eigenvalue weighted by atomic mass is 9.99. The number of carbonyl (C=O) groups is 2. The molecule has 0 bridgehead atoms. The van der Waals surface area contributed by atoms with Gasteiger partial charge in [0, 0.05) is 35.1 Å². The Morgan fingerprint density at radius 2 is 1.58 bits per heavy atom. The Morgan fingerprint density at radius 3 is 2.12 bits per heavy atom. The molecule has 0 spiro atoms. The molecule has 2 unspecified atom stereocenters. The first-order valence-corrected chi connectivity index (χ1v) is 10.5. The van der Waals surface area contributed by atoms with Gasteiger partial charge in [0.15, 0.2) is 5.78 Å².